The second-order valence-corrected chi connectivity index (χ2v) is 5.50. The van der Waals surface area contributed by atoms with Crippen LogP contribution in [0, 0.1) is 0 Å². The number of nitrogens with zero attached hydrogens (tertiary/aromatic N) is 1. The molecule has 3 N–H and O–H groups in total. The largest absolute Gasteiger partial charge is 0.271 e. The van der Waals surface area contributed by atoms with Gasteiger partial charge in [-0.2, -0.15) is 0 Å². The van der Waals surface area contributed by atoms with Crippen molar-refractivity contribution < 1.29 is 0 Å². The van der Waals surface area contributed by atoms with E-state index in [2.05, 4.69) is 53.7 Å². The maximum atomic E-state index is 5.77. The molecule has 0 saturated carbocycles. The van der Waals surface area contributed by atoms with Gasteiger partial charge in [-0.3, -0.25) is 16.3 Å². The van der Waals surface area contributed by atoms with Crippen molar-refractivity contribution in [2.75, 3.05) is 0 Å². The maximum absolute atomic E-state index is 5.77. The molecule has 2 aromatic rings. The topological polar surface area (TPSA) is 50.9 Å². The fraction of sp³-hybridized carbons (Fsp3) is 0.353. The van der Waals surface area contributed by atoms with Gasteiger partial charge in [0.2, 0.25) is 0 Å². The van der Waals surface area contributed by atoms with Gasteiger partial charge >= 0.3 is 0 Å². The normalized spacial score (nSPS) is 18.2. The molecule has 1 aliphatic carbocycles. The molecule has 1 aromatic carbocycles. The van der Waals surface area contributed by atoms with Crippen molar-refractivity contribution in [3.05, 3.63) is 65.0 Å². The van der Waals surface area contributed by atoms with E-state index >= 15 is 0 Å². The lowest BCUT2D eigenvalue weighted by molar-refractivity contribution is 0.401. The van der Waals surface area contributed by atoms with Crippen LogP contribution in [0.1, 0.15) is 35.2 Å². The average molecular weight is 267 g/mol. The number of fused-ring (bicyclic) bond motifs is 1. The molecule has 3 heteroatoms. The number of nitrogens with one attached hydrogen (secondary N) is 1. The van der Waals surface area contributed by atoms with Crippen LogP contribution < -0.4 is 11.3 Å². The Bertz CT molecular complexity index is 577. The highest BCUT2D eigenvalue weighted by molar-refractivity contribution is 5.41. The van der Waals surface area contributed by atoms with Gasteiger partial charge in [-0.25, -0.2) is 0 Å². The zero-order valence-corrected chi connectivity index (χ0v) is 11.8. The summed E-state index contributed by atoms with van der Waals surface area (Å²) in [5, 5.41) is 0. The minimum Gasteiger partial charge on any atom is -0.271 e. The Morgan fingerprint density at radius 1 is 1.30 bits per heavy atom. The van der Waals surface area contributed by atoms with Crippen LogP contribution in [0.5, 0.6) is 0 Å². The summed E-state index contributed by atoms with van der Waals surface area (Å²) in [6, 6.07) is 13.1. The highest BCUT2D eigenvalue weighted by Crippen LogP contribution is 2.37. The molecule has 1 aromatic heterocycles. The molecular formula is C17H21N3. The summed E-state index contributed by atoms with van der Waals surface area (Å²) < 4.78 is 0. The number of hydrazine groups is 1. The van der Waals surface area contributed by atoms with Gasteiger partial charge in [-0.1, -0.05) is 37.3 Å². The lowest BCUT2D eigenvalue weighted by Crippen LogP contribution is -2.45. The first-order valence-electron chi connectivity index (χ1n) is 7.29. The molecule has 0 fully saturated rings. The zero-order valence-electron chi connectivity index (χ0n) is 11.8. The molecule has 0 radical (unpaired) electrons. The SMILES string of the molecule is CCc1ccc(CC(NN)C2Cc3ccccc32)nc1. The van der Waals surface area contributed by atoms with Crippen LogP contribution in [-0.2, 0) is 19.3 Å². The summed E-state index contributed by atoms with van der Waals surface area (Å²) in [7, 11) is 0. The van der Waals surface area contributed by atoms with Gasteiger partial charge in [-0.05, 0) is 35.6 Å². The molecule has 3 nitrogen and oxygen atoms in total. The Morgan fingerprint density at radius 3 is 2.80 bits per heavy atom. The van der Waals surface area contributed by atoms with E-state index in [0.717, 1.165) is 25.0 Å². The molecule has 0 aliphatic heterocycles. The fourth-order valence-corrected chi connectivity index (χ4v) is 2.98. The predicted octanol–water partition coefficient (Wildman–Crippen LogP) is 2.36. The number of nitrogens with two attached hydrogens (primary N) is 1. The van der Waals surface area contributed by atoms with Crippen molar-refractivity contribution in [1.29, 1.82) is 0 Å². The van der Waals surface area contributed by atoms with Gasteiger partial charge in [0.25, 0.3) is 0 Å². The van der Waals surface area contributed by atoms with E-state index in [4.69, 9.17) is 5.84 Å². The van der Waals surface area contributed by atoms with Gasteiger partial charge in [0.05, 0.1) is 0 Å². The van der Waals surface area contributed by atoms with Gasteiger partial charge < -0.3 is 0 Å². The van der Waals surface area contributed by atoms with Crippen LogP contribution in [0.2, 0.25) is 0 Å². The van der Waals surface area contributed by atoms with Crippen LogP contribution in [0.25, 0.3) is 0 Å². The Labute approximate surface area is 120 Å². The van der Waals surface area contributed by atoms with E-state index in [0.29, 0.717) is 5.92 Å². The van der Waals surface area contributed by atoms with Crippen LogP contribution in [-0.4, -0.2) is 11.0 Å². The van der Waals surface area contributed by atoms with E-state index in [9.17, 15) is 0 Å². The van der Waals surface area contributed by atoms with Gasteiger partial charge in [0.1, 0.15) is 0 Å². The summed E-state index contributed by atoms with van der Waals surface area (Å²) >= 11 is 0. The average Bonchev–Trinajstić information content (AvgIpc) is 2.48. The molecular weight excluding hydrogens is 246 g/mol. The molecule has 0 spiro atoms. The van der Waals surface area contributed by atoms with E-state index in [1.165, 1.54) is 16.7 Å². The molecule has 104 valence electrons. The molecule has 2 atom stereocenters. The van der Waals surface area contributed by atoms with Crippen molar-refractivity contribution in [3.8, 4) is 0 Å². The first kappa shape index (κ1) is 13.3. The molecule has 0 saturated heterocycles. The summed E-state index contributed by atoms with van der Waals surface area (Å²) in [6.07, 6.45) is 4.98. The maximum Gasteiger partial charge on any atom is 0.0420 e. The second-order valence-electron chi connectivity index (χ2n) is 5.50. The lowest BCUT2D eigenvalue weighted by Gasteiger charge is -2.36. The van der Waals surface area contributed by atoms with Gasteiger partial charge in [-0.15, -0.1) is 0 Å². The number of aromatic nitrogens is 1. The highest BCUT2D eigenvalue weighted by Gasteiger charge is 2.32. The number of hydrogen-bond donors (Lipinski definition) is 2. The summed E-state index contributed by atoms with van der Waals surface area (Å²) in [5.41, 5.74) is 8.25. The van der Waals surface area contributed by atoms with Crippen molar-refractivity contribution in [1.82, 2.24) is 10.4 Å². The first-order valence-corrected chi connectivity index (χ1v) is 7.29. The minimum absolute atomic E-state index is 0.255. The number of aryl methyl sites for hydroxylation is 1. The molecule has 1 heterocycles. The minimum atomic E-state index is 0.255. The zero-order chi connectivity index (χ0) is 13.9. The van der Waals surface area contributed by atoms with Gasteiger partial charge in [0.15, 0.2) is 0 Å². The summed E-state index contributed by atoms with van der Waals surface area (Å²) in [5.74, 6) is 6.27. The smallest absolute Gasteiger partial charge is 0.0420 e. The molecule has 0 amide bonds. The Morgan fingerprint density at radius 2 is 2.15 bits per heavy atom. The number of hydrogen-bond acceptors (Lipinski definition) is 3. The van der Waals surface area contributed by atoms with Gasteiger partial charge in [0, 0.05) is 30.3 Å². The monoisotopic (exact) mass is 267 g/mol. The van der Waals surface area contributed by atoms with Crippen LogP contribution in [0.3, 0.4) is 0 Å². The predicted molar refractivity (Wildman–Crippen MR) is 81.3 cm³/mol. The standard InChI is InChI=1S/C17H21N3/c1-2-12-7-8-14(19-11-12)10-17(20-18)16-9-13-5-3-4-6-15(13)16/h3-8,11,16-17,20H,2,9-10,18H2,1H3. The van der Waals surface area contributed by atoms with Crippen molar-refractivity contribution >= 4 is 0 Å². The van der Waals surface area contributed by atoms with Crippen molar-refractivity contribution in [2.45, 2.75) is 38.1 Å². The number of benzene rings is 1. The highest BCUT2D eigenvalue weighted by atomic mass is 15.2. The van der Waals surface area contributed by atoms with E-state index in [1.807, 2.05) is 6.20 Å². The van der Waals surface area contributed by atoms with E-state index < -0.39 is 0 Å². The molecule has 1 aliphatic rings. The quantitative estimate of drug-likeness (QED) is 0.646. The van der Waals surface area contributed by atoms with Crippen LogP contribution in [0.15, 0.2) is 42.6 Å². The van der Waals surface area contributed by atoms with E-state index in [-0.39, 0.29) is 6.04 Å². The molecule has 2 unspecified atom stereocenters. The number of rotatable bonds is 5. The van der Waals surface area contributed by atoms with Crippen molar-refractivity contribution in [2.24, 2.45) is 5.84 Å². The third kappa shape index (κ3) is 2.47. The molecule has 20 heavy (non-hydrogen) atoms. The summed E-state index contributed by atoms with van der Waals surface area (Å²) in [4.78, 5) is 4.54. The third-order valence-electron chi connectivity index (χ3n) is 4.32. The van der Waals surface area contributed by atoms with E-state index in [1.54, 1.807) is 0 Å². The van der Waals surface area contributed by atoms with Crippen LogP contribution >= 0.6 is 0 Å². The van der Waals surface area contributed by atoms with Crippen molar-refractivity contribution in [3.63, 3.8) is 0 Å². The summed E-state index contributed by atoms with van der Waals surface area (Å²) in [6.45, 7) is 2.15. The molecule has 0 bridgehead atoms. The molecule has 3 rings (SSSR count). The fourth-order valence-electron chi connectivity index (χ4n) is 2.98. The van der Waals surface area contributed by atoms with Crippen LogP contribution in [0.4, 0.5) is 0 Å². The Hall–Kier alpha value is -1.71. The Kier molecular flexibility index (Phi) is 3.81. The first-order chi connectivity index (χ1) is 9.81. The second kappa shape index (κ2) is 5.73. The third-order valence-corrected chi connectivity index (χ3v) is 4.32. The lowest BCUT2D eigenvalue weighted by atomic mass is 9.72. The Balaban J connectivity index is 1.72. The number of pyridine rings is 1.